The highest BCUT2D eigenvalue weighted by Gasteiger charge is 2.08. The molecular weight excluding hydrogens is 219 g/mol. The van der Waals surface area contributed by atoms with E-state index in [0.717, 1.165) is 0 Å². The third-order valence-electron chi connectivity index (χ3n) is 2.03. The Kier molecular flexibility index (Phi) is 4.05. The van der Waals surface area contributed by atoms with Crippen LogP contribution in [-0.4, -0.2) is 11.9 Å². The number of amides is 1. The largest absolute Gasteiger partial charge is 0.368 e. The maximum absolute atomic E-state index is 12.9. The summed E-state index contributed by atoms with van der Waals surface area (Å²) in [7, 11) is 0. The van der Waals surface area contributed by atoms with Crippen LogP contribution in [0.3, 0.4) is 0 Å². The van der Waals surface area contributed by atoms with Crippen LogP contribution >= 0.6 is 11.6 Å². The summed E-state index contributed by atoms with van der Waals surface area (Å²) < 4.78 is 12.9. The van der Waals surface area contributed by atoms with Gasteiger partial charge < -0.3 is 11.1 Å². The van der Waals surface area contributed by atoms with Crippen LogP contribution in [0.25, 0.3) is 0 Å². The number of carbonyl (C=O) groups excluding carboxylic acids is 1. The van der Waals surface area contributed by atoms with E-state index in [4.69, 9.17) is 17.3 Å². The quantitative estimate of drug-likeness (QED) is 0.823. The molecule has 5 heteroatoms. The summed E-state index contributed by atoms with van der Waals surface area (Å²) in [6, 6.07) is 3.61. The van der Waals surface area contributed by atoms with Crippen molar-refractivity contribution in [2.24, 2.45) is 5.73 Å². The summed E-state index contributed by atoms with van der Waals surface area (Å²) in [5.41, 5.74) is 5.66. The second kappa shape index (κ2) is 5.09. The van der Waals surface area contributed by atoms with Gasteiger partial charge in [0.05, 0.1) is 6.04 Å². The van der Waals surface area contributed by atoms with E-state index in [1.54, 1.807) is 6.92 Å². The van der Waals surface area contributed by atoms with Gasteiger partial charge in [0.1, 0.15) is 5.82 Å². The molecule has 3 N–H and O–H groups in total. The molecule has 0 aliphatic rings. The lowest BCUT2D eigenvalue weighted by Gasteiger charge is -2.10. The van der Waals surface area contributed by atoms with E-state index in [0.29, 0.717) is 17.1 Å². The summed E-state index contributed by atoms with van der Waals surface area (Å²) >= 11 is 5.84. The summed E-state index contributed by atoms with van der Waals surface area (Å²) in [6.45, 7) is 1.94. The lowest BCUT2D eigenvalue weighted by Crippen LogP contribution is -2.38. The number of nitrogens with one attached hydrogen (secondary N) is 1. The molecule has 1 unspecified atom stereocenters. The van der Waals surface area contributed by atoms with Crippen LogP contribution in [0.2, 0.25) is 5.02 Å². The highest BCUT2D eigenvalue weighted by molar-refractivity contribution is 6.31. The summed E-state index contributed by atoms with van der Waals surface area (Å²) in [6.07, 6.45) is 0. The van der Waals surface area contributed by atoms with E-state index in [2.05, 4.69) is 5.32 Å². The minimum absolute atomic E-state index is 0.306. The van der Waals surface area contributed by atoms with Gasteiger partial charge in [-0.2, -0.15) is 0 Å². The van der Waals surface area contributed by atoms with Gasteiger partial charge in [0.25, 0.3) is 0 Å². The van der Waals surface area contributed by atoms with Crippen molar-refractivity contribution in [1.82, 2.24) is 5.32 Å². The predicted molar refractivity (Wildman–Crippen MR) is 56.9 cm³/mol. The Labute approximate surface area is 92.4 Å². The lowest BCUT2D eigenvalue weighted by molar-refractivity contribution is -0.119. The fourth-order valence-corrected chi connectivity index (χ4v) is 1.23. The minimum Gasteiger partial charge on any atom is -0.368 e. The van der Waals surface area contributed by atoms with Crippen molar-refractivity contribution in [3.63, 3.8) is 0 Å². The SMILES string of the molecule is CC(NCc1cc(F)ccc1Cl)C(N)=O. The Morgan fingerprint density at radius 3 is 2.93 bits per heavy atom. The second-order valence-electron chi connectivity index (χ2n) is 3.24. The summed E-state index contributed by atoms with van der Waals surface area (Å²) in [5, 5.41) is 3.30. The van der Waals surface area contributed by atoms with Gasteiger partial charge in [-0.3, -0.25) is 4.79 Å². The molecule has 1 amide bonds. The van der Waals surface area contributed by atoms with Crippen LogP contribution in [0.1, 0.15) is 12.5 Å². The highest BCUT2D eigenvalue weighted by atomic mass is 35.5. The lowest BCUT2D eigenvalue weighted by atomic mass is 10.2. The van der Waals surface area contributed by atoms with E-state index in [-0.39, 0.29) is 5.82 Å². The van der Waals surface area contributed by atoms with Crippen molar-refractivity contribution >= 4 is 17.5 Å². The van der Waals surface area contributed by atoms with Crippen LogP contribution < -0.4 is 11.1 Å². The third kappa shape index (κ3) is 3.49. The molecule has 82 valence electrons. The van der Waals surface area contributed by atoms with Crippen molar-refractivity contribution in [1.29, 1.82) is 0 Å². The molecule has 0 radical (unpaired) electrons. The first kappa shape index (κ1) is 11.9. The van der Waals surface area contributed by atoms with Crippen molar-refractivity contribution < 1.29 is 9.18 Å². The zero-order chi connectivity index (χ0) is 11.4. The Bertz CT molecular complexity index is 370. The molecule has 0 bridgehead atoms. The Morgan fingerprint density at radius 2 is 2.33 bits per heavy atom. The standard InChI is InChI=1S/C10H12ClFN2O/c1-6(10(13)15)14-5-7-4-8(12)2-3-9(7)11/h2-4,6,14H,5H2,1H3,(H2,13,15). The predicted octanol–water partition coefficient (Wildman–Crippen LogP) is 1.44. The maximum atomic E-state index is 12.9. The molecule has 0 saturated heterocycles. The molecule has 1 rings (SSSR count). The van der Waals surface area contributed by atoms with Crippen LogP contribution in [-0.2, 0) is 11.3 Å². The average molecular weight is 231 g/mol. The number of hydrogen-bond donors (Lipinski definition) is 2. The number of primary amides is 1. The molecule has 0 aliphatic carbocycles. The molecule has 3 nitrogen and oxygen atoms in total. The first-order valence-electron chi connectivity index (χ1n) is 4.47. The van der Waals surface area contributed by atoms with Crippen molar-refractivity contribution in [2.75, 3.05) is 0 Å². The summed E-state index contributed by atoms with van der Waals surface area (Å²) in [5.74, 6) is -0.814. The second-order valence-corrected chi connectivity index (χ2v) is 3.65. The summed E-state index contributed by atoms with van der Waals surface area (Å²) in [4.78, 5) is 10.7. The van der Waals surface area contributed by atoms with Crippen molar-refractivity contribution in [3.05, 3.63) is 34.6 Å². The molecule has 0 aromatic heterocycles. The smallest absolute Gasteiger partial charge is 0.234 e. The maximum Gasteiger partial charge on any atom is 0.234 e. The van der Waals surface area contributed by atoms with Crippen molar-refractivity contribution in [3.8, 4) is 0 Å². The number of halogens is 2. The van der Waals surface area contributed by atoms with E-state index in [1.165, 1.54) is 18.2 Å². The molecule has 0 spiro atoms. The first-order valence-corrected chi connectivity index (χ1v) is 4.85. The van der Waals surface area contributed by atoms with E-state index >= 15 is 0 Å². The fourth-order valence-electron chi connectivity index (χ4n) is 1.04. The molecule has 0 fully saturated rings. The first-order chi connectivity index (χ1) is 7.00. The minimum atomic E-state index is -0.468. The molecule has 15 heavy (non-hydrogen) atoms. The Hall–Kier alpha value is -1.13. The molecule has 1 atom stereocenters. The van der Waals surface area contributed by atoms with Gasteiger partial charge in [0.2, 0.25) is 5.91 Å². The van der Waals surface area contributed by atoms with E-state index in [9.17, 15) is 9.18 Å². The fraction of sp³-hybridized carbons (Fsp3) is 0.300. The van der Waals surface area contributed by atoms with Crippen LogP contribution in [0, 0.1) is 5.82 Å². The Balaban J connectivity index is 2.65. The molecule has 1 aromatic rings. The number of nitrogens with two attached hydrogens (primary N) is 1. The molecule has 0 aliphatic heterocycles. The normalized spacial score (nSPS) is 12.5. The Morgan fingerprint density at radius 1 is 1.67 bits per heavy atom. The van der Waals surface area contributed by atoms with Crippen LogP contribution in [0.5, 0.6) is 0 Å². The number of carbonyl (C=O) groups is 1. The van der Waals surface area contributed by atoms with Gasteiger partial charge in [0.15, 0.2) is 0 Å². The molecule has 1 aromatic carbocycles. The van der Waals surface area contributed by atoms with Crippen LogP contribution in [0.4, 0.5) is 4.39 Å². The van der Waals surface area contributed by atoms with Gasteiger partial charge in [-0.1, -0.05) is 11.6 Å². The van der Waals surface area contributed by atoms with Crippen LogP contribution in [0.15, 0.2) is 18.2 Å². The van der Waals surface area contributed by atoms with Gasteiger partial charge in [-0.05, 0) is 30.7 Å². The van der Waals surface area contributed by atoms with Gasteiger partial charge >= 0.3 is 0 Å². The number of rotatable bonds is 4. The van der Waals surface area contributed by atoms with Gasteiger partial charge in [0, 0.05) is 11.6 Å². The highest BCUT2D eigenvalue weighted by Crippen LogP contribution is 2.16. The topological polar surface area (TPSA) is 55.1 Å². The van der Waals surface area contributed by atoms with E-state index < -0.39 is 11.9 Å². The molecule has 0 saturated carbocycles. The van der Waals surface area contributed by atoms with E-state index in [1.807, 2.05) is 0 Å². The molecular formula is C10H12ClFN2O. The zero-order valence-electron chi connectivity index (χ0n) is 8.26. The van der Waals surface area contributed by atoms with Crippen molar-refractivity contribution in [2.45, 2.75) is 19.5 Å². The number of benzene rings is 1. The van der Waals surface area contributed by atoms with Gasteiger partial charge in [-0.25, -0.2) is 4.39 Å². The monoisotopic (exact) mass is 230 g/mol. The average Bonchev–Trinajstić information content (AvgIpc) is 2.18. The molecule has 0 heterocycles. The third-order valence-corrected chi connectivity index (χ3v) is 2.40. The zero-order valence-corrected chi connectivity index (χ0v) is 9.01. The number of hydrogen-bond acceptors (Lipinski definition) is 2. The van der Waals surface area contributed by atoms with Gasteiger partial charge in [-0.15, -0.1) is 0 Å².